The number of para-hydroxylation sites is 2. The lowest BCUT2D eigenvalue weighted by Gasteiger charge is -2.25. The first-order chi connectivity index (χ1) is 21.4. The number of nitrogens with zero attached hydrogens (tertiary/aromatic N) is 2. The number of hydrogen-bond donors (Lipinski definition) is 2. The van der Waals surface area contributed by atoms with E-state index in [1.807, 2.05) is 109 Å². The first-order valence-corrected chi connectivity index (χ1v) is 15.4. The summed E-state index contributed by atoms with van der Waals surface area (Å²) in [6.45, 7) is 6.46. The van der Waals surface area contributed by atoms with E-state index in [4.69, 9.17) is 9.47 Å². The molecule has 2 atom stereocenters. The molecule has 0 radical (unpaired) electrons. The van der Waals surface area contributed by atoms with Gasteiger partial charge in [-0.1, -0.05) is 48.5 Å². The minimum Gasteiger partial charge on any atom is -0.457 e. The lowest BCUT2D eigenvalue weighted by Crippen LogP contribution is -2.40. The third-order valence-corrected chi connectivity index (χ3v) is 9.01. The van der Waals surface area contributed by atoms with Gasteiger partial charge in [0.15, 0.2) is 0 Å². The molecule has 2 unspecified atom stereocenters. The standard InChI is InChI=1S/C37H40N2O5/c1-25-7-3-5-9-35(25)43-31-11-13-33(29(19-31)23-40)27-15-17-38(21-27)37(42)39-18-16-28(22-39)34-14-12-32(20-30(34)24-41)44-36-10-6-4-8-26(36)2/h3-14,19-20,27-28,40-41H,15-18,21-24H2,1-2H3. The average molecular weight is 593 g/mol. The van der Waals surface area contributed by atoms with Crippen LogP contribution < -0.4 is 9.47 Å². The van der Waals surface area contributed by atoms with Crippen LogP contribution in [0.3, 0.4) is 0 Å². The van der Waals surface area contributed by atoms with E-state index < -0.39 is 0 Å². The highest BCUT2D eigenvalue weighted by Gasteiger charge is 2.35. The van der Waals surface area contributed by atoms with Crippen molar-refractivity contribution in [2.75, 3.05) is 26.2 Å². The highest BCUT2D eigenvalue weighted by Crippen LogP contribution is 2.37. The van der Waals surface area contributed by atoms with Crippen LogP contribution in [-0.4, -0.2) is 52.2 Å². The molecular formula is C37H40N2O5. The smallest absolute Gasteiger partial charge is 0.320 e. The topological polar surface area (TPSA) is 82.5 Å². The highest BCUT2D eigenvalue weighted by molar-refractivity contribution is 5.75. The van der Waals surface area contributed by atoms with Gasteiger partial charge in [-0.25, -0.2) is 4.79 Å². The number of aliphatic hydroxyl groups is 2. The van der Waals surface area contributed by atoms with Gasteiger partial charge in [-0.3, -0.25) is 0 Å². The molecule has 0 saturated carbocycles. The Balaban J connectivity index is 1.09. The van der Waals surface area contributed by atoms with Crippen molar-refractivity contribution in [3.63, 3.8) is 0 Å². The van der Waals surface area contributed by atoms with Gasteiger partial charge < -0.3 is 29.5 Å². The Kier molecular flexibility index (Phi) is 8.87. The third kappa shape index (κ3) is 6.30. The van der Waals surface area contributed by atoms with Gasteiger partial charge >= 0.3 is 6.03 Å². The second kappa shape index (κ2) is 13.1. The van der Waals surface area contributed by atoms with Gasteiger partial charge in [0.05, 0.1) is 13.2 Å². The number of carbonyl (C=O) groups excluding carboxylic acids is 1. The fraction of sp³-hybridized carbons (Fsp3) is 0.324. The van der Waals surface area contributed by atoms with E-state index in [1.165, 1.54) is 0 Å². The molecule has 2 aliphatic rings. The van der Waals surface area contributed by atoms with Gasteiger partial charge in [-0.05, 0) is 96.5 Å². The molecule has 2 saturated heterocycles. The summed E-state index contributed by atoms with van der Waals surface area (Å²) >= 11 is 0. The second-order valence-electron chi connectivity index (χ2n) is 11.9. The summed E-state index contributed by atoms with van der Waals surface area (Å²) < 4.78 is 12.2. The zero-order valence-corrected chi connectivity index (χ0v) is 25.4. The quantitative estimate of drug-likeness (QED) is 0.225. The largest absolute Gasteiger partial charge is 0.457 e. The van der Waals surface area contributed by atoms with Crippen LogP contribution in [0.2, 0.25) is 0 Å². The van der Waals surface area contributed by atoms with Crippen molar-refractivity contribution in [3.8, 4) is 23.0 Å². The molecule has 2 heterocycles. The van der Waals surface area contributed by atoms with Gasteiger partial charge in [0, 0.05) is 38.0 Å². The first kappa shape index (κ1) is 29.7. The van der Waals surface area contributed by atoms with E-state index in [2.05, 4.69) is 0 Å². The fourth-order valence-electron chi connectivity index (χ4n) is 6.53. The van der Waals surface area contributed by atoms with Gasteiger partial charge in [0.25, 0.3) is 0 Å². The molecule has 2 N–H and O–H groups in total. The Bertz CT molecular complexity index is 1520. The van der Waals surface area contributed by atoms with Crippen molar-refractivity contribution in [1.82, 2.24) is 9.80 Å². The molecule has 4 aromatic rings. The summed E-state index contributed by atoms with van der Waals surface area (Å²) in [6, 6.07) is 27.6. The minimum absolute atomic E-state index is 0.0603. The molecule has 0 spiro atoms. The average Bonchev–Trinajstić information content (AvgIpc) is 3.74. The number of ether oxygens (including phenoxy) is 2. The van der Waals surface area contributed by atoms with Gasteiger partial charge in [-0.15, -0.1) is 0 Å². The predicted molar refractivity (Wildman–Crippen MR) is 170 cm³/mol. The van der Waals surface area contributed by atoms with Crippen molar-refractivity contribution >= 4 is 6.03 Å². The molecule has 2 aliphatic heterocycles. The van der Waals surface area contributed by atoms with Gasteiger partial charge in [-0.2, -0.15) is 0 Å². The van der Waals surface area contributed by atoms with Crippen molar-refractivity contribution < 1.29 is 24.5 Å². The Morgan fingerprint density at radius 1 is 0.682 bits per heavy atom. The van der Waals surface area contributed by atoms with E-state index in [-0.39, 0.29) is 31.1 Å². The van der Waals surface area contributed by atoms with Crippen LogP contribution in [0.4, 0.5) is 4.79 Å². The van der Waals surface area contributed by atoms with Crippen LogP contribution in [0.15, 0.2) is 84.9 Å². The van der Waals surface area contributed by atoms with Crippen LogP contribution in [-0.2, 0) is 13.2 Å². The van der Waals surface area contributed by atoms with E-state index in [1.54, 1.807) is 0 Å². The van der Waals surface area contributed by atoms with E-state index >= 15 is 0 Å². The number of carbonyl (C=O) groups is 1. The van der Waals surface area contributed by atoms with Crippen LogP contribution in [0.25, 0.3) is 0 Å². The SMILES string of the molecule is Cc1ccccc1Oc1ccc(C2CCN(C(=O)N3CCC(c4ccc(Oc5ccccc5C)cc4CO)C3)C2)c(CO)c1. The Morgan fingerprint density at radius 2 is 1.11 bits per heavy atom. The fourth-order valence-corrected chi connectivity index (χ4v) is 6.53. The highest BCUT2D eigenvalue weighted by atomic mass is 16.5. The summed E-state index contributed by atoms with van der Waals surface area (Å²) in [5, 5.41) is 20.4. The molecule has 0 aromatic heterocycles. The zero-order chi connectivity index (χ0) is 30.6. The molecule has 7 nitrogen and oxygen atoms in total. The molecular weight excluding hydrogens is 552 g/mol. The molecule has 4 aromatic carbocycles. The maximum atomic E-state index is 13.6. The second-order valence-corrected chi connectivity index (χ2v) is 11.9. The van der Waals surface area contributed by atoms with Crippen LogP contribution >= 0.6 is 0 Å². The molecule has 2 fully saturated rings. The van der Waals surface area contributed by atoms with Crippen molar-refractivity contribution in [2.45, 2.75) is 51.7 Å². The third-order valence-electron chi connectivity index (χ3n) is 9.01. The number of aliphatic hydroxyl groups excluding tert-OH is 2. The zero-order valence-electron chi connectivity index (χ0n) is 25.4. The maximum Gasteiger partial charge on any atom is 0.320 e. The normalized spacial score (nSPS) is 18.1. The van der Waals surface area contributed by atoms with Crippen molar-refractivity contribution in [1.29, 1.82) is 0 Å². The van der Waals surface area contributed by atoms with Crippen LogP contribution in [0, 0.1) is 13.8 Å². The van der Waals surface area contributed by atoms with E-state index in [0.29, 0.717) is 37.7 Å². The minimum atomic E-state index is -0.0828. The van der Waals surface area contributed by atoms with Crippen LogP contribution in [0.5, 0.6) is 23.0 Å². The number of hydrogen-bond acceptors (Lipinski definition) is 5. The summed E-state index contributed by atoms with van der Waals surface area (Å²) in [7, 11) is 0. The molecule has 0 aliphatic carbocycles. The summed E-state index contributed by atoms with van der Waals surface area (Å²) in [5.74, 6) is 3.30. The number of aryl methyl sites for hydroxylation is 2. The van der Waals surface area contributed by atoms with E-state index in [0.717, 1.165) is 57.7 Å². The molecule has 2 amide bonds. The summed E-state index contributed by atoms with van der Waals surface area (Å²) in [6.07, 6.45) is 1.70. The molecule has 6 rings (SSSR count). The number of benzene rings is 4. The van der Waals surface area contributed by atoms with Crippen molar-refractivity contribution in [2.24, 2.45) is 0 Å². The number of amides is 2. The number of likely N-dealkylation sites (tertiary alicyclic amines) is 2. The Hall–Kier alpha value is -4.33. The van der Waals surface area contributed by atoms with Gasteiger partial charge in [0.1, 0.15) is 23.0 Å². The number of rotatable bonds is 8. The Labute approximate surface area is 259 Å². The predicted octanol–water partition coefficient (Wildman–Crippen LogP) is 7.27. The molecule has 7 heteroatoms. The lowest BCUT2D eigenvalue weighted by molar-refractivity contribution is 0.171. The maximum absolute atomic E-state index is 13.6. The number of urea groups is 1. The lowest BCUT2D eigenvalue weighted by atomic mass is 9.93. The summed E-state index contributed by atoms with van der Waals surface area (Å²) in [4.78, 5) is 17.5. The molecule has 44 heavy (non-hydrogen) atoms. The first-order valence-electron chi connectivity index (χ1n) is 15.4. The molecule has 228 valence electrons. The van der Waals surface area contributed by atoms with E-state index in [9.17, 15) is 15.0 Å². The monoisotopic (exact) mass is 592 g/mol. The molecule has 0 bridgehead atoms. The van der Waals surface area contributed by atoms with Crippen LogP contribution in [0.1, 0.15) is 58.1 Å². The summed E-state index contributed by atoms with van der Waals surface area (Å²) in [5.41, 5.74) is 5.91. The van der Waals surface area contributed by atoms with Crippen molar-refractivity contribution in [3.05, 3.63) is 118 Å². The van der Waals surface area contributed by atoms with Gasteiger partial charge in [0.2, 0.25) is 0 Å². The Morgan fingerprint density at radius 3 is 1.52 bits per heavy atom.